The van der Waals surface area contributed by atoms with Gasteiger partial charge in [-0.05, 0) is 123 Å². The van der Waals surface area contributed by atoms with Crippen molar-refractivity contribution in [2.45, 2.75) is 0 Å². The van der Waals surface area contributed by atoms with Crippen molar-refractivity contribution in [3.05, 3.63) is 224 Å². The molecule has 0 fully saturated rings. The Bertz CT molecular complexity index is 2670. The largest absolute Gasteiger partial charge is 0.0622 e. The van der Waals surface area contributed by atoms with Gasteiger partial charge in [0.25, 0.3) is 0 Å². The molecule has 0 amide bonds. The molecule has 0 saturated carbocycles. The maximum absolute atomic E-state index is 4.35. The van der Waals surface area contributed by atoms with Gasteiger partial charge in [-0.15, -0.1) is 0 Å². The van der Waals surface area contributed by atoms with E-state index in [1.165, 1.54) is 0 Å². The van der Waals surface area contributed by atoms with Crippen molar-refractivity contribution in [2.75, 3.05) is 0 Å². The first kappa shape index (κ1) is 38.4. The molecule has 0 spiro atoms. The molecule has 0 saturated heterocycles. The van der Waals surface area contributed by atoms with Crippen LogP contribution in [0.25, 0.3) is 89.0 Å². The fourth-order valence-electron chi connectivity index (χ4n) is 7.90. The predicted octanol–water partition coefficient (Wildman–Crippen LogP) is 18.1. The molecule has 278 valence electrons. The second kappa shape index (κ2) is 17.0. The lowest BCUT2D eigenvalue weighted by molar-refractivity contribution is 1.47. The molecule has 0 heterocycles. The SMILES string of the molecule is Brc1cc(-c2ccccc2)c(-c2ccccc2)cc1-c1c(Br)c(-c2ccccc2)c(-c2cc(-c3ccccc3)c(-c3ccccc3)cc2Br)c(Br)c1-c1ccccc1. The molecule has 0 aromatic heterocycles. The summed E-state index contributed by atoms with van der Waals surface area (Å²) in [6, 6.07) is 73.4. The van der Waals surface area contributed by atoms with Crippen LogP contribution in [0.4, 0.5) is 0 Å². The van der Waals surface area contributed by atoms with Crippen LogP contribution in [0, 0.1) is 0 Å². The Morgan fingerprint density at radius 2 is 0.431 bits per heavy atom. The maximum Gasteiger partial charge on any atom is 0.0345 e. The van der Waals surface area contributed by atoms with Gasteiger partial charge >= 0.3 is 0 Å². The monoisotopic (exact) mass is 998 g/mol. The highest BCUT2D eigenvalue weighted by atomic mass is 79.9. The lowest BCUT2D eigenvalue weighted by Crippen LogP contribution is -2.00. The van der Waals surface area contributed by atoms with Crippen molar-refractivity contribution >= 4 is 63.7 Å². The molecule has 9 aromatic carbocycles. The molecule has 4 heteroatoms. The molecule has 0 atom stereocenters. The van der Waals surface area contributed by atoms with Crippen molar-refractivity contribution < 1.29 is 0 Å². The van der Waals surface area contributed by atoms with Gasteiger partial charge in [0.05, 0.1) is 0 Å². The van der Waals surface area contributed by atoms with Gasteiger partial charge < -0.3 is 0 Å². The average molecular weight is 1000 g/mol. The minimum Gasteiger partial charge on any atom is -0.0622 e. The van der Waals surface area contributed by atoms with Gasteiger partial charge in [0.2, 0.25) is 0 Å². The van der Waals surface area contributed by atoms with Crippen molar-refractivity contribution in [3.8, 4) is 89.0 Å². The topological polar surface area (TPSA) is 0 Å². The fraction of sp³-hybridized carbons (Fsp3) is 0. The van der Waals surface area contributed by atoms with Crippen LogP contribution in [0.5, 0.6) is 0 Å². The zero-order valence-corrected chi connectivity index (χ0v) is 37.5. The summed E-state index contributed by atoms with van der Waals surface area (Å²) >= 11 is 17.0. The van der Waals surface area contributed by atoms with Gasteiger partial charge in [-0.25, -0.2) is 0 Å². The Morgan fingerprint density at radius 3 is 0.690 bits per heavy atom. The van der Waals surface area contributed by atoms with Crippen LogP contribution in [0.3, 0.4) is 0 Å². The first-order chi connectivity index (χ1) is 28.5. The molecule has 0 nitrogen and oxygen atoms in total. The number of hydrogen-bond donors (Lipinski definition) is 0. The average Bonchev–Trinajstić information content (AvgIpc) is 3.28. The van der Waals surface area contributed by atoms with E-state index in [-0.39, 0.29) is 0 Å². The van der Waals surface area contributed by atoms with Crippen LogP contribution in [0.2, 0.25) is 0 Å². The van der Waals surface area contributed by atoms with E-state index in [1.54, 1.807) is 0 Å². The third-order valence-electron chi connectivity index (χ3n) is 10.6. The van der Waals surface area contributed by atoms with Crippen molar-refractivity contribution in [3.63, 3.8) is 0 Å². The molecule has 0 N–H and O–H groups in total. The molecule has 0 unspecified atom stereocenters. The zero-order chi connectivity index (χ0) is 39.6. The number of benzene rings is 9. The Morgan fingerprint density at radius 1 is 0.207 bits per heavy atom. The highest BCUT2D eigenvalue weighted by Gasteiger charge is 2.29. The second-order valence-electron chi connectivity index (χ2n) is 14.1. The highest BCUT2D eigenvalue weighted by Crippen LogP contribution is 2.56. The third-order valence-corrected chi connectivity index (χ3v) is 13.5. The summed E-state index contributed by atoms with van der Waals surface area (Å²) in [7, 11) is 0. The summed E-state index contributed by atoms with van der Waals surface area (Å²) in [6.45, 7) is 0. The molecular weight excluding hydrogens is 968 g/mol. The minimum absolute atomic E-state index is 1.00. The highest BCUT2D eigenvalue weighted by molar-refractivity contribution is 9.11. The van der Waals surface area contributed by atoms with Crippen LogP contribution < -0.4 is 0 Å². The quantitative estimate of drug-likeness (QED) is 0.142. The number of hydrogen-bond acceptors (Lipinski definition) is 0. The molecule has 0 bridgehead atoms. The van der Waals surface area contributed by atoms with Crippen molar-refractivity contribution in [1.82, 2.24) is 0 Å². The summed E-state index contributed by atoms with van der Waals surface area (Å²) in [5.41, 5.74) is 18.0. The van der Waals surface area contributed by atoms with Gasteiger partial charge in [-0.3, -0.25) is 0 Å². The molecular formula is C54H34Br4. The van der Waals surface area contributed by atoms with Crippen LogP contribution in [0.15, 0.2) is 224 Å². The predicted molar refractivity (Wildman–Crippen MR) is 261 cm³/mol. The Kier molecular flexibility index (Phi) is 11.3. The van der Waals surface area contributed by atoms with E-state index in [0.717, 1.165) is 107 Å². The molecule has 0 radical (unpaired) electrons. The van der Waals surface area contributed by atoms with Crippen molar-refractivity contribution in [1.29, 1.82) is 0 Å². The van der Waals surface area contributed by atoms with Crippen LogP contribution in [-0.4, -0.2) is 0 Å². The third kappa shape index (κ3) is 7.40. The van der Waals surface area contributed by atoms with Crippen LogP contribution in [-0.2, 0) is 0 Å². The summed E-state index contributed by atoms with van der Waals surface area (Å²) in [5, 5.41) is 0. The number of halogens is 4. The van der Waals surface area contributed by atoms with E-state index < -0.39 is 0 Å². The van der Waals surface area contributed by atoms with E-state index >= 15 is 0 Å². The Labute approximate surface area is 373 Å². The first-order valence-electron chi connectivity index (χ1n) is 19.0. The fourth-order valence-corrected chi connectivity index (χ4v) is 10.7. The second-order valence-corrected chi connectivity index (χ2v) is 17.4. The molecule has 9 rings (SSSR count). The van der Waals surface area contributed by atoms with Gasteiger partial charge in [-0.1, -0.05) is 214 Å². The molecule has 0 aliphatic heterocycles. The standard InChI is InChI=1S/C54H34Br4/c55-47-33-43(37-23-11-3-12-24-37)41(35-19-7-1-8-20-35)31-45(47)51-49(39-27-15-5-16-28-39)54(58)52(50(53(51)57)40-29-17-6-18-30-40)46-32-42(36-21-9-2-10-22-36)44(34-48(46)56)38-25-13-4-14-26-38/h1-34H. The lowest BCUT2D eigenvalue weighted by atomic mass is 9.83. The molecule has 9 aromatic rings. The van der Waals surface area contributed by atoms with Crippen LogP contribution >= 0.6 is 63.7 Å². The van der Waals surface area contributed by atoms with E-state index in [9.17, 15) is 0 Å². The summed E-state index contributed by atoms with van der Waals surface area (Å²) in [4.78, 5) is 0. The summed E-state index contributed by atoms with van der Waals surface area (Å²) in [6.07, 6.45) is 0. The first-order valence-corrected chi connectivity index (χ1v) is 22.2. The van der Waals surface area contributed by atoms with Gasteiger partial charge in [0, 0.05) is 40.1 Å². The molecule has 58 heavy (non-hydrogen) atoms. The van der Waals surface area contributed by atoms with E-state index in [1.807, 2.05) is 0 Å². The molecule has 0 aliphatic carbocycles. The Hall–Kier alpha value is -5.10. The van der Waals surface area contributed by atoms with E-state index in [4.69, 9.17) is 0 Å². The summed E-state index contributed by atoms with van der Waals surface area (Å²) in [5.74, 6) is 0. The summed E-state index contributed by atoms with van der Waals surface area (Å²) < 4.78 is 4.01. The number of rotatable bonds is 8. The van der Waals surface area contributed by atoms with Gasteiger partial charge in [-0.2, -0.15) is 0 Å². The van der Waals surface area contributed by atoms with Gasteiger partial charge in [0.1, 0.15) is 0 Å². The van der Waals surface area contributed by atoms with Crippen LogP contribution in [0.1, 0.15) is 0 Å². The Balaban J connectivity index is 1.41. The van der Waals surface area contributed by atoms with E-state index in [2.05, 4.69) is 270 Å². The lowest BCUT2D eigenvalue weighted by Gasteiger charge is -2.26. The minimum atomic E-state index is 1.00. The normalized spacial score (nSPS) is 11.1. The maximum atomic E-state index is 4.35. The smallest absolute Gasteiger partial charge is 0.0345 e. The van der Waals surface area contributed by atoms with Gasteiger partial charge in [0.15, 0.2) is 0 Å². The van der Waals surface area contributed by atoms with E-state index in [0.29, 0.717) is 0 Å². The van der Waals surface area contributed by atoms with Crippen molar-refractivity contribution in [2.24, 2.45) is 0 Å². The molecule has 0 aliphatic rings. The zero-order valence-electron chi connectivity index (χ0n) is 31.1.